The molecule has 0 amide bonds. The van der Waals surface area contributed by atoms with Gasteiger partial charge in [0.05, 0.1) is 0 Å². The normalized spacial score (nSPS) is 12.7. The SMILES string of the molecule is Cc1cc(C)cc(OP(=O)([O-])Oc2ccc(C=Cc3ccccc3)cc2)c1.O=P([O-])(Oc1ccc(F)cc1)Oc1ccccc1Cc1ccccc1.[Na+].[Na+]. The summed E-state index contributed by atoms with van der Waals surface area (Å²) < 4.78 is 57.3. The Morgan fingerprint density at radius 2 is 0.981 bits per heavy atom. The van der Waals surface area contributed by atoms with Crippen molar-refractivity contribution in [3.05, 3.63) is 191 Å². The molecule has 0 aliphatic carbocycles. The van der Waals surface area contributed by atoms with Gasteiger partial charge in [-0.05, 0) is 102 Å². The summed E-state index contributed by atoms with van der Waals surface area (Å²) in [6, 6.07) is 43.1. The second-order valence-corrected chi connectivity index (χ2v) is 14.1. The van der Waals surface area contributed by atoms with Crippen molar-refractivity contribution in [2.24, 2.45) is 0 Å². The molecule has 8 nitrogen and oxygen atoms in total. The summed E-state index contributed by atoms with van der Waals surface area (Å²) in [4.78, 5) is 24.3. The minimum atomic E-state index is -4.66. The molecular formula is C41H35FNa2O8P2. The minimum Gasteiger partial charge on any atom is -0.736 e. The molecule has 0 fully saturated rings. The van der Waals surface area contributed by atoms with E-state index in [0.29, 0.717) is 12.0 Å². The van der Waals surface area contributed by atoms with Crippen LogP contribution in [0.15, 0.2) is 152 Å². The number of hydrogen-bond acceptors (Lipinski definition) is 8. The number of benzene rings is 6. The number of phosphoric ester groups is 2. The molecule has 0 N–H and O–H groups in total. The van der Waals surface area contributed by atoms with Gasteiger partial charge < -0.3 is 27.9 Å². The van der Waals surface area contributed by atoms with E-state index in [1.807, 2.05) is 98.8 Å². The molecule has 0 bridgehead atoms. The van der Waals surface area contributed by atoms with Crippen LogP contribution >= 0.6 is 15.6 Å². The first-order chi connectivity index (χ1) is 24.9. The Bertz CT molecular complexity index is 2170. The molecule has 0 saturated carbocycles. The van der Waals surface area contributed by atoms with Crippen LogP contribution < -0.4 is 87.0 Å². The Labute approximate surface area is 359 Å². The third kappa shape index (κ3) is 15.4. The molecule has 0 aliphatic heterocycles. The van der Waals surface area contributed by atoms with E-state index in [2.05, 4.69) is 0 Å². The van der Waals surface area contributed by atoms with E-state index in [0.717, 1.165) is 39.9 Å². The summed E-state index contributed by atoms with van der Waals surface area (Å²) in [5, 5.41) is 0. The van der Waals surface area contributed by atoms with Gasteiger partial charge in [-0.2, -0.15) is 0 Å². The van der Waals surface area contributed by atoms with Crippen LogP contribution in [0.5, 0.6) is 23.0 Å². The fraction of sp³-hybridized carbons (Fsp3) is 0.0732. The van der Waals surface area contributed by atoms with Crippen LogP contribution in [0.3, 0.4) is 0 Å². The molecule has 2 unspecified atom stereocenters. The number of phosphoric acid groups is 2. The predicted molar refractivity (Wildman–Crippen MR) is 198 cm³/mol. The maximum Gasteiger partial charge on any atom is 1.00 e. The molecule has 6 aromatic carbocycles. The number of hydrogen-bond donors (Lipinski definition) is 0. The Morgan fingerprint density at radius 1 is 0.537 bits per heavy atom. The van der Waals surface area contributed by atoms with Crippen molar-refractivity contribution in [1.29, 1.82) is 0 Å². The molecule has 0 aromatic heterocycles. The van der Waals surface area contributed by atoms with Crippen LogP contribution in [-0.4, -0.2) is 0 Å². The molecule has 0 spiro atoms. The van der Waals surface area contributed by atoms with Gasteiger partial charge in [0.2, 0.25) is 0 Å². The van der Waals surface area contributed by atoms with Crippen LogP contribution in [0.2, 0.25) is 0 Å². The van der Waals surface area contributed by atoms with Gasteiger partial charge in [0.25, 0.3) is 0 Å². The van der Waals surface area contributed by atoms with Crippen molar-refractivity contribution < 1.29 is 101 Å². The Hall–Kier alpha value is -3.43. The van der Waals surface area contributed by atoms with E-state index < -0.39 is 21.5 Å². The van der Waals surface area contributed by atoms with Crippen molar-refractivity contribution in [1.82, 2.24) is 0 Å². The fourth-order valence-electron chi connectivity index (χ4n) is 4.98. The minimum absolute atomic E-state index is 0. The second-order valence-electron chi connectivity index (χ2n) is 11.6. The third-order valence-corrected chi connectivity index (χ3v) is 8.95. The van der Waals surface area contributed by atoms with Crippen molar-refractivity contribution in [2.45, 2.75) is 20.3 Å². The second kappa shape index (κ2) is 21.6. The van der Waals surface area contributed by atoms with E-state index in [1.165, 1.54) is 12.1 Å². The maximum absolute atomic E-state index is 12.9. The zero-order valence-corrected chi connectivity index (χ0v) is 36.1. The molecule has 0 heterocycles. The molecule has 0 aliphatic rings. The average Bonchev–Trinajstić information content (AvgIpc) is 3.10. The predicted octanol–water partition coefficient (Wildman–Crippen LogP) is 3.75. The molecule has 13 heteroatoms. The van der Waals surface area contributed by atoms with Gasteiger partial charge in [-0.1, -0.05) is 109 Å². The first kappa shape index (κ1) is 45.0. The maximum atomic E-state index is 12.9. The van der Waals surface area contributed by atoms with Crippen LogP contribution in [-0.2, 0) is 15.6 Å². The number of para-hydroxylation sites is 1. The largest absolute Gasteiger partial charge is 1.00 e. The molecular weight excluding hydrogens is 747 g/mol. The topological polar surface area (TPSA) is 117 Å². The van der Waals surface area contributed by atoms with Gasteiger partial charge in [-0.3, -0.25) is 0 Å². The van der Waals surface area contributed by atoms with E-state index in [1.54, 1.807) is 54.6 Å². The van der Waals surface area contributed by atoms with Crippen molar-refractivity contribution in [3.8, 4) is 23.0 Å². The summed E-state index contributed by atoms with van der Waals surface area (Å²) in [6.45, 7) is 3.75. The smallest absolute Gasteiger partial charge is 0.736 e. The summed E-state index contributed by atoms with van der Waals surface area (Å²) in [5.74, 6) is 0.150. The van der Waals surface area contributed by atoms with Gasteiger partial charge in [0.15, 0.2) is 0 Å². The number of rotatable bonds is 12. The average molecular weight is 783 g/mol. The van der Waals surface area contributed by atoms with E-state index >= 15 is 0 Å². The molecule has 266 valence electrons. The van der Waals surface area contributed by atoms with E-state index in [-0.39, 0.29) is 82.1 Å². The summed E-state index contributed by atoms with van der Waals surface area (Å²) in [7, 11) is -9.18. The first-order valence-corrected chi connectivity index (χ1v) is 19.0. The first-order valence-electron chi connectivity index (χ1n) is 16.1. The Balaban J connectivity index is 0.000000281. The third-order valence-electron chi connectivity index (χ3n) is 7.23. The van der Waals surface area contributed by atoms with Crippen molar-refractivity contribution in [3.63, 3.8) is 0 Å². The molecule has 6 rings (SSSR count). The zero-order chi connectivity index (χ0) is 37.0. The quantitative estimate of drug-likeness (QED) is 0.105. The van der Waals surface area contributed by atoms with Crippen molar-refractivity contribution in [2.75, 3.05) is 0 Å². The van der Waals surface area contributed by atoms with Gasteiger partial charge >= 0.3 is 74.8 Å². The monoisotopic (exact) mass is 782 g/mol. The molecule has 54 heavy (non-hydrogen) atoms. The van der Waals surface area contributed by atoms with Crippen LogP contribution in [0, 0.1) is 19.7 Å². The van der Waals surface area contributed by atoms with Gasteiger partial charge in [-0.15, -0.1) is 0 Å². The van der Waals surface area contributed by atoms with Crippen molar-refractivity contribution >= 4 is 27.8 Å². The van der Waals surface area contributed by atoms with Gasteiger partial charge in [0, 0.05) is 6.42 Å². The van der Waals surface area contributed by atoms with Crippen LogP contribution in [0.1, 0.15) is 33.4 Å². The standard InChI is InChI=1S/C22H21O4P.C19H16FO4P.2Na/c1-17-14-18(2)16-22(15-17)26-27(23,24)25-21-12-10-20(11-13-21)9-8-19-6-4-3-5-7-19;20-17-10-12-18(13-11-17)23-25(21,22)24-19-9-5-4-8-16(19)14-15-6-2-1-3-7-15;;/h3-16H,1-2H3,(H,23,24);1-13H,14H2,(H,21,22);;/q;;2*+1/p-2. The molecule has 0 radical (unpaired) electrons. The van der Waals surface area contributed by atoms with E-state index in [9.17, 15) is 23.3 Å². The van der Waals surface area contributed by atoms with Gasteiger partial charge in [-0.25, -0.2) is 13.5 Å². The Kier molecular flexibility index (Phi) is 18.0. The summed E-state index contributed by atoms with van der Waals surface area (Å²) in [5.41, 5.74) is 5.59. The van der Waals surface area contributed by atoms with Gasteiger partial charge in [0.1, 0.15) is 28.8 Å². The summed E-state index contributed by atoms with van der Waals surface area (Å²) in [6.07, 6.45) is 4.45. The van der Waals surface area contributed by atoms with Crippen LogP contribution in [0.4, 0.5) is 4.39 Å². The van der Waals surface area contributed by atoms with E-state index in [4.69, 9.17) is 18.1 Å². The summed E-state index contributed by atoms with van der Waals surface area (Å²) >= 11 is 0. The molecule has 2 atom stereocenters. The molecule has 0 saturated heterocycles. The van der Waals surface area contributed by atoms with Crippen LogP contribution in [0.25, 0.3) is 12.2 Å². The number of halogens is 1. The Morgan fingerprint density at radius 3 is 1.56 bits per heavy atom. The fourth-order valence-corrected chi connectivity index (χ4v) is 6.59. The zero-order valence-electron chi connectivity index (χ0n) is 30.3. The number of aryl methyl sites for hydroxylation is 2. The molecule has 6 aromatic rings.